The maximum atomic E-state index is 6.02. The van der Waals surface area contributed by atoms with Crippen LogP contribution in [0.3, 0.4) is 0 Å². The molecule has 0 aromatic heterocycles. The number of benzene rings is 4. The molecule has 8 aliphatic carbocycles. The summed E-state index contributed by atoms with van der Waals surface area (Å²) in [4.78, 5) is 0. The molecule has 0 saturated heterocycles. The Bertz CT molecular complexity index is 2470. The Morgan fingerprint density at radius 1 is 0.244 bits per heavy atom. The van der Waals surface area contributed by atoms with E-state index in [1.807, 2.05) is 0 Å². The second kappa shape index (κ2) is 39.1. The van der Waals surface area contributed by atoms with Gasteiger partial charge in [-0.1, -0.05) is 244 Å². The first kappa shape index (κ1) is 72.0. The van der Waals surface area contributed by atoms with Crippen LogP contribution in [-0.2, 0) is 0 Å². The van der Waals surface area contributed by atoms with E-state index in [0.717, 1.165) is 110 Å². The Labute approximate surface area is 569 Å². The van der Waals surface area contributed by atoms with Crippen LogP contribution in [0.25, 0.3) is 0 Å². The molecule has 8 aliphatic rings. The molecule has 8 fully saturated rings. The van der Waals surface area contributed by atoms with Crippen LogP contribution in [0.2, 0.25) is 15.1 Å². The molecule has 0 bridgehead atoms. The van der Waals surface area contributed by atoms with Crippen molar-refractivity contribution in [3.05, 3.63) is 140 Å². The maximum Gasteiger partial charge on any atom is 0.0406 e. The minimum Gasteiger partial charge on any atom is -0.0843 e. The fourth-order valence-electron chi connectivity index (χ4n) is 20.2. The highest BCUT2D eigenvalue weighted by molar-refractivity contribution is 6.31. The number of unbranched alkanes of at least 4 members (excludes halogenated alkanes) is 3. The van der Waals surface area contributed by atoms with E-state index in [2.05, 4.69) is 132 Å². The van der Waals surface area contributed by atoms with E-state index >= 15 is 0 Å². The van der Waals surface area contributed by atoms with Gasteiger partial charge in [0.15, 0.2) is 0 Å². The van der Waals surface area contributed by atoms with E-state index in [0.29, 0.717) is 0 Å². The molecule has 90 heavy (non-hydrogen) atoms. The first-order valence-electron chi connectivity index (χ1n) is 39.4. The highest BCUT2D eigenvalue weighted by atomic mass is 35.5. The number of halogens is 3. The standard InChI is InChI=1S/C24H38.C22H33Cl.C21H31Cl.C20H29Cl/c1-3-4-5-6-20-9-13-22(14-10-20)24-17-15-23(16-18-24)21-11-7-19(2)8-12-21;1-2-3-4-17-5-7-18(8-6-17)19-9-11-20(12-10-19)21-13-15-22(23)16-14-21;1-2-3-16-4-6-17(7-5-16)18-8-10-19(11-9-18)20-12-14-21(22)15-13-20;1-2-15-3-5-16(6-4-15)17-7-9-18(10-8-17)19-11-13-20(21)14-12-19/h7-8,11-12,20,22-24H,3-6,9-10,13-18H2,1-2H3;13-20H,2-12H2,1H3;12-19H,2-11H2,1H3;11-18H,2-10H2,1H3. The largest absolute Gasteiger partial charge is 0.0843 e. The maximum absolute atomic E-state index is 6.02. The van der Waals surface area contributed by atoms with Crippen LogP contribution >= 0.6 is 34.8 Å². The molecule has 0 unspecified atom stereocenters. The zero-order valence-electron chi connectivity index (χ0n) is 58.3. The van der Waals surface area contributed by atoms with Crippen molar-refractivity contribution in [2.75, 3.05) is 0 Å². The van der Waals surface area contributed by atoms with Crippen molar-refractivity contribution < 1.29 is 0 Å². The Balaban J connectivity index is 0.000000142. The summed E-state index contributed by atoms with van der Waals surface area (Å²) < 4.78 is 0. The van der Waals surface area contributed by atoms with Crippen LogP contribution < -0.4 is 0 Å². The van der Waals surface area contributed by atoms with Gasteiger partial charge in [0.2, 0.25) is 0 Å². The highest BCUT2D eigenvalue weighted by Gasteiger charge is 2.35. The van der Waals surface area contributed by atoms with E-state index in [9.17, 15) is 0 Å². The van der Waals surface area contributed by atoms with Gasteiger partial charge in [-0.15, -0.1) is 0 Å². The molecule has 0 radical (unpaired) electrons. The van der Waals surface area contributed by atoms with Gasteiger partial charge in [0.1, 0.15) is 0 Å². The van der Waals surface area contributed by atoms with Crippen LogP contribution in [0.1, 0.15) is 349 Å². The summed E-state index contributed by atoms with van der Waals surface area (Å²) in [5.74, 6) is 15.7. The van der Waals surface area contributed by atoms with Gasteiger partial charge in [0.25, 0.3) is 0 Å². The molecule has 4 aromatic rings. The molecule has 500 valence electrons. The van der Waals surface area contributed by atoms with Gasteiger partial charge in [0, 0.05) is 15.1 Å². The van der Waals surface area contributed by atoms with Crippen molar-refractivity contribution in [3.63, 3.8) is 0 Å². The third-order valence-corrected chi connectivity index (χ3v) is 27.1. The summed E-state index contributed by atoms with van der Waals surface area (Å²) in [6.07, 6.45) is 61.6. The number of rotatable bonds is 18. The Kier molecular flexibility index (Phi) is 31.3. The summed E-state index contributed by atoms with van der Waals surface area (Å²) in [6, 6.07) is 35.1. The lowest BCUT2D eigenvalue weighted by Gasteiger charge is -2.38. The van der Waals surface area contributed by atoms with Crippen molar-refractivity contribution >= 4 is 34.8 Å². The molecule has 8 saturated carbocycles. The summed E-state index contributed by atoms with van der Waals surface area (Å²) in [5.41, 5.74) is 7.51. The predicted molar refractivity (Wildman–Crippen MR) is 395 cm³/mol. The molecule has 12 rings (SSSR count). The van der Waals surface area contributed by atoms with Crippen molar-refractivity contribution in [2.45, 2.75) is 328 Å². The van der Waals surface area contributed by atoms with Gasteiger partial charge < -0.3 is 0 Å². The molecule has 0 amide bonds. The van der Waals surface area contributed by atoms with Crippen molar-refractivity contribution in [1.82, 2.24) is 0 Å². The number of hydrogen-bond acceptors (Lipinski definition) is 0. The van der Waals surface area contributed by atoms with Crippen LogP contribution in [0.15, 0.2) is 97.1 Å². The predicted octanol–water partition coefficient (Wildman–Crippen LogP) is 29.3. The summed E-state index contributed by atoms with van der Waals surface area (Å²) in [5, 5.41) is 2.59. The average Bonchev–Trinajstić information content (AvgIpc) is 3.66. The first-order valence-corrected chi connectivity index (χ1v) is 40.5. The van der Waals surface area contributed by atoms with Gasteiger partial charge in [-0.3, -0.25) is 0 Å². The molecular weight excluding hydrogens is 1150 g/mol. The fourth-order valence-corrected chi connectivity index (χ4v) is 20.6. The third kappa shape index (κ3) is 23.0. The molecule has 0 atom stereocenters. The van der Waals surface area contributed by atoms with Crippen molar-refractivity contribution in [2.24, 2.45) is 71.0 Å². The van der Waals surface area contributed by atoms with E-state index < -0.39 is 0 Å². The zero-order chi connectivity index (χ0) is 62.9. The van der Waals surface area contributed by atoms with E-state index in [4.69, 9.17) is 34.8 Å². The summed E-state index contributed by atoms with van der Waals surface area (Å²) in [7, 11) is 0. The molecule has 3 heteroatoms. The molecule has 0 nitrogen and oxygen atoms in total. The Morgan fingerprint density at radius 2 is 0.478 bits per heavy atom. The topological polar surface area (TPSA) is 0 Å². The first-order chi connectivity index (χ1) is 44.0. The van der Waals surface area contributed by atoms with Crippen LogP contribution in [0.4, 0.5) is 0 Å². The lowest BCUT2D eigenvalue weighted by atomic mass is 9.68. The second-order valence-electron chi connectivity index (χ2n) is 32.0. The zero-order valence-corrected chi connectivity index (χ0v) is 60.6. The van der Waals surface area contributed by atoms with Crippen molar-refractivity contribution in [1.29, 1.82) is 0 Å². The second-order valence-corrected chi connectivity index (χ2v) is 33.3. The SMILES string of the molecule is CCC1CCC(C2CCC(c3ccc(Cl)cc3)CC2)CC1.CCCC1CCC(C2CCC(c3ccc(Cl)cc3)CC2)CC1.CCCCC1CCC(C2CCC(c3ccc(Cl)cc3)CC2)CC1.CCCCCC1CCC(C2CCC(c3ccc(C)cc3)CC2)CC1. The van der Waals surface area contributed by atoms with Crippen LogP contribution in [0, 0.1) is 77.9 Å². The number of aryl methyl sites for hydroxylation is 1. The Morgan fingerprint density at radius 3 is 0.733 bits per heavy atom. The van der Waals surface area contributed by atoms with Crippen LogP contribution in [-0.4, -0.2) is 0 Å². The molecule has 4 aromatic carbocycles. The van der Waals surface area contributed by atoms with Gasteiger partial charge in [-0.2, -0.15) is 0 Å². The normalized spacial score (nSPS) is 32.4. The molecule has 0 N–H and O–H groups in total. The summed E-state index contributed by atoms with van der Waals surface area (Å²) >= 11 is 18.0. The molecular formula is C87H131Cl3. The minimum atomic E-state index is 0.782. The van der Waals surface area contributed by atoms with Gasteiger partial charge >= 0.3 is 0 Å². The lowest BCUT2D eigenvalue weighted by Crippen LogP contribution is -2.25. The highest BCUT2D eigenvalue weighted by Crippen LogP contribution is 2.49. The molecule has 0 spiro atoms. The van der Waals surface area contributed by atoms with Gasteiger partial charge in [-0.25, -0.2) is 0 Å². The van der Waals surface area contributed by atoms with Gasteiger partial charge in [-0.05, 0) is 314 Å². The van der Waals surface area contributed by atoms with Gasteiger partial charge in [0.05, 0.1) is 0 Å². The smallest absolute Gasteiger partial charge is 0.0406 e. The lowest BCUT2D eigenvalue weighted by molar-refractivity contribution is 0.155. The van der Waals surface area contributed by atoms with E-state index in [1.54, 1.807) is 5.56 Å². The quantitative estimate of drug-likeness (QED) is 0.0871. The minimum absolute atomic E-state index is 0.782. The summed E-state index contributed by atoms with van der Waals surface area (Å²) in [6.45, 7) is 11.5. The molecule has 0 aliphatic heterocycles. The van der Waals surface area contributed by atoms with Crippen LogP contribution in [0.5, 0.6) is 0 Å². The van der Waals surface area contributed by atoms with E-state index in [-0.39, 0.29) is 0 Å². The van der Waals surface area contributed by atoms with E-state index in [1.165, 1.54) is 292 Å². The monoisotopic (exact) mass is 1280 g/mol. The Hall–Kier alpha value is -2.25. The average molecular weight is 1280 g/mol. The van der Waals surface area contributed by atoms with Crippen molar-refractivity contribution in [3.8, 4) is 0 Å². The fraction of sp³-hybridized carbons (Fsp3) is 0.724. The number of hydrogen-bond donors (Lipinski definition) is 0. The molecule has 0 heterocycles. The third-order valence-electron chi connectivity index (χ3n) is 26.3.